The number of anilines is 1. The maximum absolute atomic E-state index is 13.7. The molecule has 0 aromatic heterocycles. The van der Waals surface area contributed by atoms with E-state index in [1.807, 2.05) is 67.6 Å². The number of sulfonamides is 1. The highest BCUT2D eigenvalue weighted by atomic mass is 32.2. The predicted molar refractivity (Wildman–Crippen MR) is 160 cm³/mol. The molecule has 2 amide bonds. The van der Waals surface area contributed by atoms with Crippen molar-refractivity contribution in [1.82, 2.24) is 16.0 Å². The van der Waals surface area contributed by atoms with E-state index in [4.69, 9.17) is 0 Å². The lowest BCUT2D eigenvalue weighted by atomic mass is 9.95. The average molecular weight is 579 g/mol. The van der Waals surface area contributed by atoms with E-state index in [0.717, 1.165) is 41.1 Å². The quantitative estimate of drug-likeness (QED) is 0.277. The first-order valence-electron chi connectivity index (χ1n) is 13.7. The third kappa shape index (κ3) is 7.93. The minimum Gasteiger partial charge on any atom is -0.389 e. The Morgan fingerprint density at radius 1 is 0.976 bits per heavy atom. The van der Waals surface area contributed by atoms with E-state index in [2.05, 4.69) is 16.0 Å². The van der Waals surface area contributed by atoms with Crippen molar-refractivity contribution in [3.63, 3.8) is 0 Å². The molecule has 0 spiro atoms. The number of nitrogens with one attached hydrogen (secondary N) is 3. The van der Waals surface area contributed by atoms with Gasteiger partial charge in [0.1, 0.15) is 0 Å². The Labute approximate surface area is 242 Å². The third-order valence-corrected chi connectivity index (χ3v) is 8.69. The van der Waals surface area contributed by atoms with E-state index in [9.17, 15) is 23.1 Å². The molecule has 3 aromatic rings. The maximum Gasteiger partial charge on any atom is 0.251 e. The lowest BCUT2D eigenvalue weighted by Gasteiger charge is -2.29. The molecule has 0 bridgehead atoms. The Bertz CT molecular complexity index is 1440. The molecule has 9 nitrogen and oxygen atoms in total. The van der Waals surface area contributed by atoms with Gasteiger partial charge in [-0.25, -0.2) is 8.42 Å². The molecule has 1 saturated heterocycles. The fourth-order valence-corrected chi connectivity index (χ4v) is 5.50. The molecule has 0 radical (unpaired) electrons. The van der Waals surface area contributed by atoms with Crippen LogP contribution in [0.3, 0.4) is 0 Å². The summed E-state index contributed by atoms with van der Waals surface area (Å²) in [6.45, 7) is 2.65. The van der Waals surface area contributed by atoms with E-state index in [0.29, 0.717) is 6.42 Å². The van der Waals surface area contributed by atoms with Crippen molar-refractivity contribution < 1.29 is 23.1 Å². The highest BCUT2D eigenvalue weighted by Gasteiger charge is 2.31. The van der Waals surface area contributed by atoms with Crippen molar-refractivity contribution in [3.8, 4) is 0 Å². The Morgan fingerprint density at radius 3 is 2.12 bits per heavy atom. The van der Waals surface area contributed by atoms with Gasteiger partial charge in [0.2, 0.25) is 10.0 Å². The SMILES string of the molecule is C[C@@H](NC(=O)c1cc(C(=O)NC(Cc2ccccc2)[C@H](O)C2CCCN2)cc(N(C)S(C)(=O)=O)c1)c1ccccc1. The van der Waals surface area contributed by atoms with Crippen molar-refractivity contribution in [2.45, 2.75) is 50.4 Å². The van der Waals surface area contributed by atoms with Gasteiger partial charge in [-0.3, -0.25) is 13.9 Å². The lowest BCUT2D eigenvalue weighted by Crippen LogP contribution is -2.52. The second-order valence-corrected chi connectivity index (χ2v) is 12.6. The number of benzene rings is 3. The number of nitrogens with zero attached hydrogens (tertiary/aromatic N) is 1. The summed E-state index contributed by atoms with van der Waals surface area (Å²) in [7, 11) is -2.30. The van der Waals surface area contributed by atoms with Crippen LogP contribution in [0.25, 0.3) is 0 Å². The molecule has 1 heterocycles. The third-order valence-electron chi connectivity index (χ3n) is 7.49. The Hall–Kier alpha value is -3.73. The largest absolute Gasteiger partial charge is 0.389 e. The zero-order chi connectivity index (χ0) is 29.6. The van der Waals surface area contributed by atoms with E-state index >= 15 is 0 Å². The van der Waals surface area contributed by atoms with Gasteiger partial charge in [0.25, 0.3) is 11.8 Å². The van der Waals surface area contributed by atoms with Gasteiger partial charge in [0.05, 0.1) is 30.1 Å². The first-order chi connectivity index (χ1) is 19.5. The fourth-order valence-electron chi connectivity index (χ4n) is 5.01. The highest BCUT2D eigenvalue weighted by Crippen LogP contribution is 2.23. The van der Waals surface area contributed by atoms with E-state index in [-0.39, 0.29) is 28.9 Å². The van der Waals surface area contributed by atoms with Gasteiger partial charge >= 0.3 is 0 Å². The van der Waals surface area contributed by atoms with Crippen molar-refractivity contribution in [2.75, 3.05) is 24.2 Å². The second kappa shape index (κ2) is 13.3. The van der Waals surface area contributed by atoms with Crippen LogP contribution in [0.4, 0.5) is 5.69 Å². The molecule has 1 fully saturated rings. The van der Waals surface area contributed by atoms with Crippen molar-refractivity contribution in [3.05, 3.63) is 101 Å². The fraction of sp³-hybridized carbons (Fsp3) is 0.355. The number of hydrogen-bond acceptors (Lipinski definition) is 6. The molecule has 4 atom stereocenters. The first kappa shape index (κ1) is 30.2. The highest BCUT2D eigenvalue weighted by molar-refractivity contribution is 7.92. The van der Waals surface area contributed by atoms with Gasteiger partial charge in [-0.2, -0.15) is 0 Å². The summed E-state index contributed by atoms with van der Waals surface area (Å²) in [4.78, 5) is 27.0. The van der Waals surface area contributed by atoms with Crippen molar-refractivity contribution in [2.24, 2.45) is 0 Å². The molecule has 218 valence electrons. The Balaban J connectivity index is 1.64. The van der Waals surface area contributed by atoms with Crippen LogP contribution in [-0.2, 0) is 16.4 Å². The van der Waals surface area contributed by atoms with Crippen LogP contribution in [0.15, 0.2) is 78.9 Å². The standard InChI is InChI=1S/C31H38N4O5S/c1-21(23-13-8-5-9-14-23)33-30(37)24-18-25(20-26(19-24)35(2)41(3,39)40)31(38)34-28(17-22-11-6-4-7-12-22)29(36)27-15-10-16-32-27/h4-9,11-14,18-21,27-29,32,36H,10,15-17H2,1-3H3,(H,33,37)(H,34,38)/t21-,27?,28?,29-/m1/s1. The minimum atomic E-state index is -3.67. The van der Waals surface area contributed by atoms with Crippen LogP contribution in [-0.4, -0.2) is 63.4 Å². The zero-order valence-electron chi connectivity index (χ0n) is 23.6. The number of aliphatic hydroxyl groups excluding tert-OH is 1. The molecule has 0 aliphatic carbocycles. The molecule has 10 heteroatoms. The van der Waals surface area contributed by atoms with Crippen LogP contribution in [0.2, 0.25) is 0 Å². The molecule has 4 rings (SSSR count). The van der Waals surface area contributed by atoms with Gasteiger partial charge in [-0.15, -0.1) is 0 Å². The van der Waals surface area contributed by atoms with Crippen LogP contribution in [0, 0.1) is 0 Å². The molecule has 4 N–H and O–H groups in total. The predicted octanol–water partition coefficient (Wildman–Crippen LogP) is 3.03. The van der Waals surface area contributed by atoms with Gasteiger partial charge in [-0.05, 0) is 62.1 Å². The average Bonchev–Trinajstić information content (AvgIpc) is 3.51. The molecule has 2 unspecified atom stereocenters. The second-order valence-electron chi connectivity index (χ2n) is 10.6. The van der Waals surface area contributed by atoms with Crippen LogP contribution in [0.1, 0.15) is 57.7 Å². The van der Waals surface area contributed by atoms with Gasteiger partial charge in [0, 0.05) is 24.2 Å². The van der Waals surface area contributed by atoms with Crippen molar-refractivity contribution >= 4 is 27.5 Å². The van der Waals surface area contributed by atoms with E-state index < -0.39 is 34.0 Å². The Kier molecular flexibility index (Phi) is 9.80. The number of carbonyl (C=O) groups is 2. The van der Waals surface area contributed by atoms with Gasteiger partial charge < -0.3 is 21.1 Å². The number of rotatable bonds is 11. The van der Waals surface area contributed by atoms with Gasteiger partial charge in [-0.1, -0.05) is 60.7 Å². The number of amides is 2. The molecule has 1 aliphatic rings. The zero-order valence-corrected chi connectivity index (χ0v) is 24.4. The number of hydrogen-bond donors (Lipinski definition) is 4. The molecular formula is C31H38N4O5S. The summed E-state index contributed by atoms with van der Waals surface area (Å²) in [5, 5.41) is 20.4. The van der Waals surface area contributed by atoms with Crippen LogP contribution >= 0.6 is 0 Å². The molecule has 41 heavy (non-hydrogen) atoms. The molecular weight excluding hydrogens is 540 g/mol. The molecule has 0 saturated carbocycles. The Morgan fingerprint density at radius 2 is 1.56 bits per heavy atom. The van der Waals surface area contributed by atoms with Crippen LogP contribution in [0.5, 0.6) is 0 Å². The summed E-state index contributed by atoms with van der Waals surface area (Å²) in [5.41, 5.74) is 2.29. The summed E-state index contributed by atoms with van der Waals surface area (Å²) < 4.78 is 25.7. The summed E-state index contributed by atoms with van der Waals surface area (Å²) in [5.74, 6) is -0.966. The normalized spacial score (nSPS) is 17.3. The molecule has 1 aliphatic heterocycles. The number of carbonyl (C=O) groups excluding carboxylic acids is 2. The van der Waals surface area contributed by atoms with E-state index in [1.165, 1.54) is 25.2 Å². The monoisotopic (exact) mass is 578 g/mol. The summed E-state index contributed by atoms with van der Waals surface area (Å²) >= 11 is 0. The van der Waals surface area contributed by atoms with E-state index in [1.54, 1.807) is 0 Å². The lowest BCUT2D eigenvalue weighted by molar-refractivity contribution is 0.0738. The van der Waals surface area contributed by atoms with Crippen molar-refractivity contribution in [1.29, 1.82) is 0 Å². The first-order valence-corrected chi connectivity index (χ1v) is 15.6. The van der Waals surface area contributed by atoms with Crippen LogP contribution < -0.4 is 20.3 Å². The summed E-state index contributed by atoms with van der Waals surface area (Å²) in [6.07, 6.45) is 2.33. The minimum absolute atomic E-state index is 0.111. The topological polar surface area (TPSA) is 128 Å². The molecule has 3 aromatic carbocycles. The maximum atomic E-state index is 13.7. The summed E-state index contributed by atoms with van der Waals surface area (Å²) in [6, 6.07) is 22.3. The smallest absolute Gasteiger partial charge is 0.251 e. The van der Waals surface area contributed by atoms with Gasteiger partial charge in [0.15, 0.2) is 0 Å². The number of aliphatic hydroxyl groups is 1.